The van der Waals surface area contributed by atoms with Crippen molar-refractivity contribution in [1.82, 2.24) is 20.4 Å². The van der Waals surface area contributed by atoms with Crippen LogP contribution in [0.1, 0.15) is 36.2 Å². The number of carbonyl (C=O) groups excluding carboxylic acids is 2. The minimum absolute atomic E-state index is 0.0341. The van der Waals surface area contributed by atoms with Crippen LogP contribution in [0, 0.1) is 19.8 Å². The number of rotatable bonds is 8. The summed E-state index contributed by atoms with van der Waals surface area (Å²) in [5.41, 5.74) is 3.78. The molecule has 0 atom stereocenters. The van der Waals surface area contributed by atoms with Crippen molar-refractivity contribution in [3.63, 3.8) is 0 Å². The lowest BCUT2D eigenvalue weighted by molar-refractivity contribution is -0.124. The van der Waals surface area contributed by atoms with Gasteiger partial charge >= 0.3 is 0 Å². The Kier molecular flexibility index (Phi) is 7.81. The van der Waals surface area contributed by atoms with Crippen LogP contribution in [-0.4, -0.2) is 34.7 Å². The molecule has 0 aliphatic heterocycles. The average molecular weight is 403 g/mol. The van der Waals surface area contributed by atoms with E-state index in [2.05, 4.69) is 15.7 Å². The Morgan fingerprint density at radius 1 is 1.14 bits per heavy atom. The summed E-state index contributed by atoms with van der Waals surface area (Å²) in [4.78, 5) is 23.4. The van der Waals surface area contributed by atoms with Crippen LogP contribution in [0.5, 0.6) is 0 Å². The maximum absolute atomic E-state index is 12.0. The second kappa shape index (κ2) is 10.1. The Labute approximate surface area is 171 Å². The first-order valence-electron chi connectivity index (χ1n) is 9.30. The number of halogens is 1. The number of hydrogen-bond donors (Lipinski definition) is 2. The number of hydrogen-bond acceptors (Lipinski definition) is 3. The SMILES string of the molecule is Cc1ccc(Cn2nc(C)c(C=CC(=O)NCCNC(=O)C(C)C)c2Cl)cc1. The van der Waals surface area contributed by atoms with Crippen molar-refractivity contribution >= 4 is 29.5 Å². The zero-order valence-corrected chi connectivity index (χ0v) is 17.5. The van der Waals surface area contributed by atoms with E-state index < -0.39 is 0 Å². The third kappa shape index (κ3) is 6.23. The van der Waals surface area contributed by atoms with E-state index in [0.717, 1.165) is 16.8 Å². The second-order valence-electron chi connectivity index (χ2n) is 7.00. The Balaban J connectivity index is 1.92. The summed E-state index contributed by atoms with van der Waals surface area (Å²) in [6.07, 6.45) is 3.09. The summed E-state index contributed by atoms with van der Waals surface area (Å²) in [5.74, 6) is -0.356. The lowest BCUT2D eigenvalue weighted by Gasteiger charge is -2.07. The third-order valence-corrected chi connectivity index (χ3v) is 4.61. The van der Waals surface area contributed by atoms with Gasteiger partial charge in [0.25, 0.3) is 0 Å². The molecule has 1 heterocycles. The number of nitrogens with one attached hydrogen (secondary N) is 2. The molecule has 2 N–H and O–H groups in total. The summed E-state index contributed by atoms with van der Waals surface area (Å²) < 4.78 is 1.72. The first kappa shape index (κ1) is 21.7. The van der Waals surface area contributed by atoms with Gasteiger partial charge in [0.15, 0.2) is 0 Å². The summed E-state index contributed by atoms with van der Waals surface area (Å²) in [6.45, 7) is 8.86. The highest BCUT2D eigenvalue weighted by Gasteiger charge is 2.12. The van der Waals surface area contributed by atoms with Gasteiger partial charge in [-0.3, -0.25) is 9.59 Å². The standard InChI is InChI=1S/C21H27ClN4O2/c1-14(2)21(28)24-12-11-23-19(27)10-9-18-16(4)25-26(20(18)22)13-17-7-5-15(3)6-8-17/h5-10,14H,11-13H2,1-4H3,(H,23,27)(H,24,28). The molecule has 0 saturated carbocycles. The van der Waals surface area contributed by atoms with Gasteiger partial charge in [-0.15, -0.1) is 0 Å². The molecule has 7 heteroatoms. The fourth-order valence-electron chi connectivity index (χ4n) is 2.52. The highest BCUT2D eigenvalue weighted by molar-refractivity contribution is 6.31. The van der Waals surface area contributed by atoms with Crippen LogP contribution in [-0.2, 0) is 16.1 Å². The summed E-state index contributed by atoms with van der Waals surface area (Å²) >= 11 is 6.46. The van der Waals surface area contributed by atoms with E-state index in [1.807, 2.05) is 52.0 Å². The lowest BCUT2D eigenvalue weighted by Crippen LogP contribution is -2.35. The van der Waals surface area contributed by atoms with E-state index in [4.69, 9.17) is 11.6 Å². The van der Waals surface area contributed by atoms with Gasteiger partial charge in [0.2, 0.25) is 11.8 Å². The number of nitrogens with zero attached hydrogens (tertiary/aromatic N) is 2. The van der Waals surface area contributed by atoms with Gasteiger partial charge in [-0.1, -0.05) is 55.3 Å². The molecule has 1 aromatic carbocycles. The number of carbonyl (C=O) groups is 2. The van der Waals surface area contributed by atoms with Gasteiger partial charge in [-0.25, -0.2) is 4.68 Å². The Morgan fingerprint density at radius 3 is 2.43 bits per heavy atom. The molecule has 0 radical (unpaired) electrons. The van der Waals surface area contributed by atoms with Gasteiger partial charge in [0.1, 0.15) is 5.15 Å². The van der Waals surface area contributed by atoms with Crippen molar-refractivity contribution in [2.24, 2.45) is 5.92 Å². The topological polar surface area (TPSA) is 76.0 Å². The summed E-state index contributed by atoms with van der Waals surface area (Å²) in [7, 11) is 0. The van der Waals surface area contributed by atoms with Crippen LogP contribution in [0.2, 0.25) is 5.15 Å². The average Bonchev–Trinajstić information content (AvgIpc) is 2.91. The van der Waals surface area contributed by atoms with E-state index >= 15 is 0 Å². The van der Waals surface area contributed by atoms with E-state index in [1.54, 1.807) is 10.8 Å². The molecule has 0 spiro atoms. The molecular formula is C21H27ClN4O2. The maximum Gasteiger partial charge on any atom is 0.244 e. The smallest absolute Gasteiger partial charge is 0.244 e. The second-order valence-corrected chi connectivity index (χ2v) is 7.36. The largest absolute Gasteiger partial charge is 0.354 e. The molecule has 28 heavy (non-hydrogen) atoms. The highest BCUT2D eigenvalue weighted by Crippen LogP contribution is 2.22. The van der Waals surface area contributed by atoms with Crippen LogP contribution >= 0.6 is 11.6 Å². The van der Waals surface area contributed by atoms with Crippen LogP contribution in [0.3, 0.4) is 0 Å². The van der Waals surface area contributed by atoms with Crippen molar-refractivity contribution in [3.8, 4) is 0 Å². The summed E-state index contributed by atoms with van der Waals surface area (Å²) in [6, 6.07) is 8.19. The molecule has 0 fully saturated rings. The fourth-order valence-corrected chi connectivity index (χ4v) is 2.82. The van der Waals surface area contributed by atoms with Crippen molar-refractivity contribution in [3.05, 3.63) is 57.9 Å². The fraction of sp³-hybridized carbons (Fsp3) is 0.381. The van der Waals surface area contributed by atoms with Gasteiger partial charge < -0.3 is 10.6 Å². The number of aromatic nitrogens is 2. The molecule has 0 saturated heterocycles. The van der Waals surface area contributed by atoms with E-state index in [-0.39, 0.29) is 17.7 Å². The van der Waals surface area contributed by atoms with E-state index in [1.165, 1.54) is 11.6 Å². The van der Waals surface area contributed by atoms with Gasteiger partial charge in [-0.05, 0) is 25.5 Å². The number of benzene rings is 1. The zero-order chi connectivity index (χ0) is 20.7. The molecule has 6 nitrogen and oxygen atoms in total. The minimum Gasteiger partial charge on any atom is -0.354 e. The predicted molar refractivity (Wildman–Crippen MR) is 112 cm³/mol. The van der Waals surface area contributed by atoms with Crippen LogP contribution in [0.25, 0.3) is 6.08 Å². The van der Waals surface area contributed by atoms with Crippen LogP contribution < -0.4 is 10.6 Å². The number of amides is 2. The Morgan fingerprint density at radius 2 is 1.79 bits per heavy atom. The Hall–Kier alpha value is -2.60. The van der Waals surface area contributed by atoms with Gasteiger partial charge in [-0.2, -0.15) is 5.10 Å². The first-order chi connectivity index (χ1) is 13.3. The quantitative estimate of drug-likeness (QED) is 0.526. The van der Waals surface area contributed by atoms with Crippen LogP contribution in [0.4, 0.5) is 0 Å². The molecule has 0 aliphatic carbocycles. The molecule has 1 aromatic heterocycles. The van der Waals surface area contributed by atoms with Crippen molar-refractivity contribution < 1.29 is 9.59 Å². The minimum atomic E-state index is -0.249. The predicted octanol–water partition coefficient (Wildman–Crippen LogP) is 3.10. The molecule has 0 bridgehead atoms. The molecular weight excluding hydrogens is 376 g/mol. The van der Waals surface area contributed by atoms with E-state index in [0.29, 0.717) is 24.8 Å². The number of aryl methyl sites for hydroxylation is 2. The zero-order valence-electron chi connectivity index (χ0n) is 16.8. The maximum atomic E-state index is 12.0. The van der Waals surface area contributed by atoms with Crippen molar-refractivity contribution in [2.45, 2.75) is 34.2 Å². The van der Waals surface area contributed by atoms with Crippen molar-refractivity contribution in [1.29, 1.82) is 0 Å². The summed E-state index contributed by atoms with van der Waals surface area (Å²) in [5, 5.41) is 10.4. The first-order valence-corrected chi connectivity index (χ1v) is 9.67. The van der Waals surface area contributed by atoms with Gasteiger partial charge in [0.05, 0.1) is 12.2 Å². The Bertz CT molecular complexity index is 854. The molecule has 2 aromatic rings. The monoisotopic (exact) mass is 402 g/mol. The molecule has 150 valence electrons. The molecule has 2 rings (SSSR count). The molecule has 0 aliphatic rings. The molecule has 2 amide bonds. The van der Waals surface area contributed by atoms with Gasteiger partial charge in [0, 0.05) is 30.6 Å². The van der Waals surface area contributed by atoms with E-state index in [9.17, 15) is 9.59 Å². The normalized spacial score (nSPS) is 11.2. The lowest BCUT2D eigenvalue weighted by atomic mass is 10.1. The highest BCUT2D eigenvalue weighted by atomic mass is 35.5. The van der Waals surface area contributed by atoms with Crippen LogP contribution in [0.15, 0.2) is 30.3 Å². The van der Waals surface area contributed by atoms with Crippen molar-refractivity contribution in [2.75, 3.05) is 13.1 Å². The third-order valence-electron chi connectivity index (χ3n) is 4.21. The molecule has 0 unspecified atom stereocenters.